The fourth-order valence-corrected chi connectivity index (χ4v) is 1.21. The molecule has 1 aromatic heterocycles. The number of carbonyl (C=O) groups is 2. The predicted octanol–water partition coefficient (Wildman–Crippen LogP) is -1.17. The number of carboxylic acid groups (broad SMARTS) is 1. The van der Waals surface area contributed by atoms with E-state index in [0.717, 1.165) is 0 Å². The van der Waals surface area contributed by atoms with Crippen LogP contribution in [0, 0.1) is 0 Å². The second kappa shape index (κ2) is 5.94. The van der Waals surface area contributed by atoms with Crippen LogP contribution in [0.2, 0.25) is 0 Å². The third-order valence-corrected chi connectivity index (χ3v) is 2.14. The van der Waals surface area contributed by atoms with Crippen molar-refractivity contribution in [3.63, 3.8) is 0 Å². The van der Waals surface area contributed by atoms with Crippen LogP contribution >= 0.6 is 0 Å². The summed E-state index contributed by atoms with van der Waals surface area (Å²) in [5, 5.41) is 18.5. The fraction of sp³-hybridized carbons (Fsp3) is 0.556. The van der Waals surface area contributed by atoms with Gasteiger partial charge in [0.2, 0.25) is 0 Å². The monoisotopic (exact) mass is 241 g/mol. The van der Waals surface area contributed by atoms with Crippen molar-refractivity contribution in [3.8, 4) is 0 Å². The minimum absolute atomic E-state index is 0.0816. The minimum atomic E-state index is -1.07. The first kappa shape index (κ1) is 13.1. The third kappa shape index (κ3) is 3.52. The van der Waals surface area contributed by atoms with Crippen molar-refractivity contribution in [1.82, 2.24) is 20.3 Å². The number of carboxylic acids is 1. The zero-order valence-corrected chi connectivity index (χ0v) is 9.46. The molecule has 0 spiro atoms. The molecule has 0 radical (unpaired) electrons. The van der Waals surface area contributed by atoms with Gasteiger partial charge in [-0.1, -0.05) is 12.1 Å². The first-order valence-electron chi connectivity index (χ1n) is 5.22. The number of aliphatic carboxylic acids is 1. The number of nitrogens with one attached hydrogen (secondary N) is 1. The van der Waals surface area contributed by atoms with E-state index in [1.807, 2.05) is 0 Å². The Morgan fingerprint density at radius 2 is 2.35 bits per heavy atom. The van der Waals surface area contributed by atoms with E-state index < -0.39 is 17.9 Å². The van der Waals surface area contributed by atoms with Gasteiger partial charge in [0.15, 0.2) is 5.69 Å². The highest BCUT2D eigenvalue weighted by atomic mass is 16.4. The van der Waals surface area contributed by atoms with Gasteiger partial charge in [-0.3, -0.25) is 9.48 Å². The van der Waals surface area contributed by atoms with Gasteiger partial charge < -0.3 is 16.2 Å². The van der Waals surface area contributed by atoms with Gasteiger partial charge in [0.25, 0.3) is 5.91 Å². The van der Waals surface area contributed by atoms with Crippen LogP contribution in [0.1, 0.15) is 23.8 Å². The van der Waals surface area contributed by atoms with E-state index in [4.69, 9.17) is 10.8 Å². The third-order valence-electron chi connectivity index (χ3n) is 2.14. The zero-order chi connectivity index (χ0) is 12.8. The number of nitrogens with zero attached hydrogens (tertiary/aromatic N) is 3. The summed E-state index contributed by atoms with van der Waals surface area (Å²) in [5.41, 5.74) is 5.40. The lowest BCUT2D eigenvalue weighted by atomic mass is 10.2. The molecule has 1 aromatic rings. The molecule has 0 saturated heterocycles. The second-order valence-electron chi connectivity index (χ2n) is 3.43. The lowest BCUT2D eigenvalue weighted by molar-refractivity contribution is -0.139. The molecule has 1 unspecified atom stereocenters. The minimum Gasteiger partial charge on any atom is -0.480 e. The lowest BCUT2D eigenvalue weighted by Gasteiger charge is -2.10. The molecule has 17 heavy (non-hydrogen) atoms. The highest BCUT2D eigenvalue weighted by molar-refractivity contribution is 5.94. The Balaban J connectivity index is 2.65. The molecule has 0 fully saturated rings. The van der Waals surface area contributed by atoms with Crippen LogP contribution in [-0.4, -0.2) is 44.6 Å². The number of aromatic nitrogens is 3. The number of carbonyl (C=O) groups excluding carboxylic acids is 1. The summed E-state index contributed by atoms with van der Waals surface area (Å²) < 4.78 is 1.43. The van der Waals surface area contributed by atoms with E-state index >= 15 is 0 Å². The molecule has 0 saturated carbocycles. The Morgan fingerprint density at radius 3 is 2.88 bits per heavy atom. The van der Waals surface area contributed by atoms with Crippen LogP contribution in [0.5, 0.6) is 0 Å². The van der Waals surface area contributed by atoms with Crippen molar-refractivity contribution in [2.75, 3.05) is 6.54 Å². The molecule has 0 bridgehead atoms. The molecule has 1 rings (SSSR count). The first-order valence-corrected chi connectivity index (χ1v) is 5.22. The molecule has 1 amide bonds. The number of rotatable bonds is 6. The Hall–Kier alpha value is -1.96. The van der Waals surface area contributed by atoms with Crippen LogP contribution in [0.4, 0.5) is 0 Å². The van der Waals surface area contributed by atoms with Crippen LogP contribution in [-0.2, 0) is 11.3 Å². The van der Waals surface area contributed by atoms with E-state index in [2.05, 4.69) is 15.6 Å². The molecule has 0 aliphatic carbocycles. The zero-order valence-electron chi connectivity index (χ0n) is 9.46. The molecule has 4 N–H and O–H groups in total. The van der Waals surface area contributed by atoms with Crippen molar-refractivity contribution in [1.29, 1.82) is 0 Å². The van der Waals surface area contributed by atoms with Crippen molar-refractivity contribution in [2.24, 2.45) is 5.73 Å². The Labute approximate surface area is 97.8 Å². The standard InChI is InChI=1S/C9H15N5O3/c1-2-6(9(16)17)11-8(15)7-5-14(4-3-10)13-12-7/h5-6H,2-4,10H2,1H3,(H,11,15)(H,16,17). The van der Waals surface area contributed by atoms with Gasteiger partial charge in [0, 0.05) is 6.54 Å². The lowest BCUT2D eigenvalue weighted by Crippen LogP contribution is -2.40. The molecule has 94 valence electrons. The second-order valence-corrected chi connectivity index (χ2v) is 3.43. The molecule has 8 heteroatoms. The van der Waals surface area contributed by atoms with Crippen LogP contribution in [0.15, 0.2) is 6.20 Å². The first-order chi connectivity index (χ1) is 8.08. The summed E-state index contributed by atoms with van der Waals surface area (Å²) in [6, 6.07) is -0.915. The predicted molar refractivity (Wildman–Crippen MR) is 58.3 cm³/mol. The summed E-state index contributed by atoms with van der Waals surface area (Å²) in [4.78, 5) is 22.3. The van der Waals surface area contributed by atoms with Crippen LogP contribution < -0.4 is 11.1 Å². The summed E-state index contributed by atoms with van der Waals surface area (Å²) in [7, 11) is 0. The maximum atomic E-state index is 11.6. The highest BCUT2D eigenvalue weighted by Gasteiger charge is 2.20. The maximum absolute atomic E-state index is 11.6. The summed E-state index contributed by atoms with van der Waals surface area (Å²) >= 11 is 0. The highest BCUT2D eigenvalue weighted by Crippen LogP contribution is 1.97. The van der Waals surface area contributed by atoms with E-state index in [9.17, 15) is 9.59 Å². The van der Waals surface area contributed by atoms with Crippen molar-refractivity contribution >= 4 is 11.9 Å². The number of amides is 1. The summed E-state index contributed by atoms with van der Waals surface area (Å²) in [6.07, 6.45) is 1.73. The largest absolute Gasteiger partial charge is 0.480 e. The van der Waals surface area contributed by atoms with Gasteiger partial charge in [-0.05, 0) is 6.42 Å². The quantitative estimate of drug-likeness (QED) is 0.576. The van der Waals surface area contributed by atoms with Gasteiger partial charge in [-0.15, -0.1) is 5.10 Å². The van der Waals surface area contributed by atoms with Crippen molar-refractivity contribution in [3.05, 3.63) is 11.9 Å². The Kier molecular flexibility index (Phi) is 4.58. The van der Waals surface area contributed by atoms with Gasteiger partial charge in [0.05, 0.1) is 12.7 Å². The van der Waals surface area contributed by atoms with Crippen molar-refractivity contribution < 1.29 is 14.7 Å². The molecule has 8 nitrogen and oxygen atoms in total. The Bertz CT molecular complexity index is 403. The normalized spacial score (nSPS) is 12.1. The molecule has 0 aromatic carbocycles. The van der Waals surface area contributed by atoms with Gasteiger partial charge in [0.1, 0.15) is 6.04 Å². The maximum Gasteiger partial charge on any atom is 0.326 e. The smallest absolute Gasteiger partial charge is 0.326 e. The molecular formula is C9H15N5O3. The fourth-order valence-electron chi connectivity index (χ4n) is 1.21. The number of hydrogen-bond acceptors (Lipinski definition) is 5. The summed E-state index contributed by atoms with van der Waals surface area (Å²) in [5.74, 6) is -1.63. The van der Waals surface area contributed by atoms with E-state index in [1.54, 1.807) is 6.92 Å². The SMILES string of the molecule is CCC(NC(=O)c1cn(CCN)nn1)C(=O)O. The van der Waals surface area contributed by atoms with E-state index in [0.29, 0.717) is 19.5 Å². The number of hydrogen-bond donors (Lipinski definition) is 3. The van der Waals surface area contributed by atoms with Gasteiger partial charge in [-0.25, -0.2) is 4.79 Å². The number of nitrogens with two attached hydrogens (primary N) is 1. The summed E-state index contributed by atoms with van der Waals surface area (Å²) in [6.45, 7) is 2.51. The average molecular weight is 241 g/mol. The topological polar surface area (TPSA) is 123 Å². The van der Waals surface area contributed by atoms with Crippen LogP contribution in [0.3, 0.4) is 0 Å². The van der Waals surface area contributed by atoms with Gasteiger partial charge >= 0.3 is 5.97 Å². The van der Waals surface area contributed by atoms with Gasteiger partial charge in [-0.2, -0.15) is 0 Å². The van der Waals surface area contributed by atoms with Crippen molar-refractivity contribution in [2.45, 2.75) is 25.9 Å². The average Bonchev–Trinajstić information content (AvgIpc) is 2.74. The van der Waals surface area contributed by atoms with E-state index in [-0.39, 0.29) is 5.69 Å². The van der Waals surface area contributed by atoms with E-state index in [1.165, 1.54) is 10.9 Å². The molecule has 1 atom stereocenters. The molecule has 0 aliphatic rings. The Morgan fingerprint density at radius 1 is 1.65 bits per heavy atom. The molecular weight excluding hydrogens is 226 g/mol. The molecule has 0 aliphatic heterocycles. The molecule has 1 heterocycles. The van der Waals surface area contributed by atoms with Crippen LogP contribution in [0.25, 0.3) is 0 Å².